The zero-order valence-electron chi connectivity index (χ0n) is 17.2. The second kappa shape index (κ2) is 7.93. The van der Waals surface area contributed by atoms with Gasteiger partial charge in [0, 0.05) is 50.4 Å². The van der Waals surface area contributed by atoms with Crippen LogP contribution in [0.15, 0.2) is 24.8 Å². The van der Waals surface area contributed by atoms with Crippen molar-refractivity contribution in [1.29, 1.82) is 0 Å². The molecule has 29 heavy (non-hydrogen) atoms. The minimum Gasteiger partial charge on any atom is -0.338 e. The molecule has 4 rings (SSSR count). The summed E-state index contributed by atoms with van der Waals surface area (Å²) < 4.78 is 1.77. The van der Waals surface area contributed by atoms with Crippen LogP contribution in [-0.4, -0.2) is 61.0 Å². The second-order valence-electron chi connectivity index (χ2n) is 8.31. The third-order valence-electron chi connectivity index (χ3n) is 6.09. The minimum absolute atomic E-state index is 0.0385. The SMILES string of the molecule is CCn1cc(C(=O)N2CCC[C@]3(CCC(=O)N(Cc4cnc(C)cn4)C3)C2)cn1. The highest BCUT2D eigenvalue weighted by atomic mass is 16.2. The van der Waals surface area contributed by atoms with Gasteiger partial charge >= 0.3 is 0 Å². The van der Waals surface area contributed by atoms with E-state index in [1.165, 1.54) is 0 Å². The average Bonchev–Trinajstić information content (AvgIpc) is 3.21. The van der Waals surface area contributed by atoms with Gasteiger partial charge in [0.15, 0.2) is 0 Å². The van der Waals surface area contributed by atoms with E-state index in [0.717, 1.165) is 43.7 Å². The Bertz CT molecular complexity index is 893. The van der Waals surface area contributed by atoms with Crippen LogP contribution in [0, 0.1) is 12.3 Å². The highest BCUT2D eigenvalue weighted by Gasteiger charge is 2.43. The van der Waals surface area contributed by atoms with Crippen molar-refractivity contribution in [3.05, 3.63) is 41.7 Å². The van der Waals surface area contributed by atoms with Gasteiger partial charge in [-0.05, 0) is 33.1 Å². The summed E-state index contributed by atoms with van der Waals surface area (Å²) in [5, 5.41) is 4.23. The fraction of sp³-hybridized carbons (Fsp3) is 0.571. The van der Waals surface area contributed by atoms with Crippen LogP contribution in [-0.2, 0) is 17.9 Å². The second-order valence-corrected chi connectivity index (χ2v) is 8.31. The van der Waals surface area contributed by atoms with E-state index < -0.39 is 0 Å². The Morgan fingerprint density at radius 2 is 2.03 bits per heavy atom. The van der Waals surface area contributed by atoms with Gasteiger partial charge in [0.25, 0.3) is 5.91 Å². The lowest BCUT2D eigenvalue weighted by Gasteiger charge is -2.48. The maximum atomic E-state index is 13.0. The van der Waals surface area contributed by atoms with Crippen molar-refractivity contribution in [2.45, 2.75) is 52.6 Å². The number of carbonyl (C=O) groups excluding carboxylic acids is 2. The van der Waals surface area contributed by atoms with Crippen molar-refractivity contribution in [3.63, 3.8) is 0 Å². The Hall–Kier alpha value is -2.77. The molecule has 2 aromatic rings. The predicted molar refractivity (Wildman–Crippen MR) is 107 cm³/mol. The molecule has 0 bridgehead atoms. The molecule has 8 heteroatoms. The van der Waals surface area contributed by atoms with Crippen LogP contribution in [0.25, 0.3) is 0 Å². The van der Waals surface area contributed by atoms with Crippen LogP contribution < -0.4 is 0 Å². The molecule has 2 fully saturated rings. The van der Waals surface area contributed by atoms with Gasteiger partial charge in [-0.15, -0.1) is 0 Å². The van der Waals surface area contributed by atoms with Crippen LogP contribution in [0.1, 0.15) is 54.4 Å². The number of aromatic nitrogens is 4. The molecule has 0 radical (unpaired) electrons. The first-order valence-corrected chi connectivity index (χ1v) is 10.3. The highest BCUT2D eigenvalue weighted by molar-refractivity contribution is 5.93. The van der Waals surface area contributed by atoms with Crippen LogP contribution >= 0.6 is 0 Å². The lowest BCUT2D eigenvalue weighted by Crippen LogP contribution is -2.54. The predicted octanol–water partition coefficient (Wildman–Crippen LogP) is 2.05. The Balaban J connectivity index is 1.47. The Kier molecular flexibility index (Phi) is 5.34. The largest absolute Gasteiger partial charge is 0.338 e. The fourth-order valence-electron chi connectivity index (χ4n) is 4.49. The van der Waals surface area contributed by atoms with Gasteiger partial charge in [-0.3, -0.25) is 24.2 Å². The van der Waals surface area contributed by atoms with Gasteiger partial charge in [-0.2, -0.15) is 5.10 Å². The van der Waals surface area contributed by atoms with Crippen molar-refractivity contribution in [1.82, 2.24) is 29.5 Å². The topological polar surface area (TPSA) is 84.2 Å². The molecular formula is C21H28N6O2. The molecule has 0 N–H and O–H groups in total. The molecule has 0 aromatic carbocycles. The first kappa shape index (κ1) is 19.5. The molecule has 4 heterocycles. The van der Waals surface area contributed by atoms with Gasteiger partial charge in [-0.1, -0.05) is 0 Å². The van der Waals surface area contributed by atoms with E-state index in [4.69, 9.17) is 0 Å². The molecule has 1 spiro atoms. The fourth-order valence-corrected chi connectivity index (χ4v) is 4.49. The zero-order valence-corrected chi connectivity index (χ0v) is 17.2. The van der Waals surface area contributed by atoms with E-state index in [1.54, 1.807) is 23.3 Å². The number of carbonyl (C=O) groups is 2. The molecule has 2 aromatic heterocycles. The van der Waals surface area contributed by atoms with Gasteiger partial charge in [0.05, 0.1) is 35.9 Å². The molecule has 2 amide bonds. The summed E-state index contributed by atoms with van der Waals surface area (Å²) >= 11 is 0. The van der Waals surface area contributed by atoms with E-state index in [9.17, 15) is 9.59 Å². The number of amides is 2. The Morgan fingerprint density at radius 1 is 1.17 bits per heavy atom. The van der Waals surface area contributed by atoms with Crippen LogP contribution in [0.5, 0.6) is 0 Å². The van der Waals surface area contributed by atoms with Crippen LogP contribution in [0.4, 0.5) is 0 Å². The third-order valence-corrected chi connectivity index (χ3v) is 6.09. The number of rotatable bonds is 4. The standard InChI is InChI=1S/C21H28N6O2/c1-3-27-12-17(10-24-27)20(29)25-8-4-6-21(14-25)7-5-19(28)26(15-21)13-18-11-22-16(2)9-23-18/h9-12H,3-8,13-15H2,1-2H3/t21-/m0/s1. The summed E-state index contributed by atoms with van der Waals surface area (Å²) in [6.45, 7) is 7.24. The lowest BCUT2D eigenvalue weighted by molar-refractivity contribution is -0.139. The molecule has 2 saturated heterocycles. The number of hydrogen-bond acceptors (Lipinski definition) is 5. The molecule has 2 aliphatic rings. The summed E-state index contributed by atoms with van der Waals surface area (Å²) in [5.41, 5.74) is 2.27. The van der Waals surface area contributed by atoms with Crippen LogP contribution in [0.2, 0.25) is 0 Å². The molecule has 0 saturated carbocycles. The van der Waals surface area contributed by atoms with Gasteiger partial charge in [0.2, 0.25) is 5.91 Å². The van der Waals surface area contributed by atoms with Crippen molar-refractivity contribution in [3.8, 4) is 0 Å². The number of piperidine rings is 2. The monoisotopic (exact) mass is 396 g/mol. The number of aryl methyl sites for hydroxylation is 2. The average molecular weight is 396 g/mol. The summed E-state index contributed by atoms with van der Waals surface area (Å²) in [5.74, 6) is 0.197. The van der Waals surface area contributed by atoms with Crippen molar-refractivity contribution in [2.75, 3.05) is 19.6 Å². The van der Waals surface area contributed by atoms with Crippen molar-refractivity contribution in [2.24, 2.45) is 5.41 Å². The Morgan fingerprint density at radius 3 is 2.76 bits per heavy atom. The zero-order chi connectivity index (χ0) is 20.4. The van der Waals surface area contributed by atoms with E-state index >= 15 is 0 Å². The van der Waals surface area contributed by atoms with Gasteiger partial charge in [-0.25, -0.2) is 0 Å². The maximum absolute atomic E-state index is 13.0. The molecule has 154 valence electrons. The first-order valence-electron chi connectivity index (χ1n) is 10.3. The van der Waals surface area contributed by atoms with Crippen LogP contribution in [0.3, 0.4) is 0 Å². The molecule has 0 unspecified atom stereocenters. The Labute approximate surface area is 170 Å². The number of hydrogen-bond donors (Lipinski definition) is 0. The van der Waals surface area contributed by atoms with E-state index in [-0.39, 0.29) is 17.2 Å². The molecule has 1 atom stereocenters. The molecule has 2 aliphatic heterocycles. The smallest absolute Gasteiger partial charge is 0.257 e. The van der Waals surface area contributed by atoms with E-state index in [1.807, 2.05) is 29.8 Å². The quantitative estimate of drug-likeness (QED) is 0.790. The molecule has 8 nitrogen and oxygen atoms in total. The number of nitrogens with zero attached hydrogens (tertiary/aromatic N) is 6. The first-order chi connectivity index (χ1) is 14.0. The summed E-state index contributed by atoms with van der Waals surface area (Å²) in [7, 11) is 0. The summed E-state index contributed by atoms with van der Waals surface area (Å²) in [6.07, 6.45) is 10.3. The van der Waals surface area contributed by atoms with Gasteiger partial charge in [0.1, 0.15) is 0 Å². The van der Waals surface area contributed by atoms with E-state index in [0.29, 0.717) is 31.6 Å². The minimum atomic E-state index is -0.0410. The number of likely N-dealkylation sites (tertiary alicyclic amines) is 2. The van der Waals surface area contributed by atoms with Crippen molar-refractivity contribution < 1.29 is 9.59 Å². The summed E-state index contributed by atoms with van der Waals surface area (Å²) in [6, 6.07) is 0. The van der Waals surface area contributed by atoms with E-state index in [2.05, 4.69) is 15.1 Å². The molecule has 0 aliphatic carbocycles. The van der Waals surface area contributed by atoms with Crippen molar-refractivity contribution >= 4 is 11.8 Å². The highest BCUT2D eigenvalue weighted by Crippen LogP contribution is 2.39. The molecular weight excluding hydrogens is 368 g/mol. The summed E-state index contributed by atoms with van der Waals surface area (Å²) in [4.78, 5) is 38.1. The normalized spacial score (nSPS) is 22.3. The maximum Gasteiger partial charge on any atom is 0.257 e. The lowest BCUT2D eigenvalue weighted by atomic mass is 9.73. The van der Waals surface area contributed by atoms with Gasteiger partial charge < -0.3 is 9.80 Å². The third kappa shape index (κ3) is 4.16.